The van der Waals surface area contributed by atoms with Crippen molar-refractivity contribution in [3.63, 3.8) is 0 Å². The highest BCUT2D eigenvalue weighted by Gasteiger charge is 2.16. The molecule has 0 saturated carbocycles. The van der Waals surface area contributed by atoms with E-state index in [0.29, 0.717) is 6.54 Å². The quantitative estimate of drug-likeness (QED) is 0.583. The van der Waals surface area contributed by atoms with Crippen molar-refractivity contribution in [2.75, 3.05) is 0 Å². The van der Waals surface area contributed by atoms with Crippen molar-refractivity contribution >= 4 is 11.7 Å². The standard InChI is InChI=1S/C13H18N2O4/c1-9(2)12(7-13(16)17)14-8-10-3-5-11(6-4-10)15(18)19/h3-6,9,12,14H,7-8H2,1-2H3,(H,16,17)/t12-/m0/s1. The Morgan fingerprint density at radius 3 is 2.37 bits per heavy atom. The molecule has 0 spiro atoms. The van der Waals surface area contributed by atoms with Crippen molar-refractivity contribution in [3.05, 3.63) is 39.9 Å². The Morgan fingerprint density at radius 1 is 1.37 bits per heavy atom. The lowest BCUT2D eigenvalue weighted by atomic mass is 10.0. The summed E-state index contributed by atoms with van der Waals surface area (Å²) in [4.78, 5) is 20.8. The maximum Gasteiger partial charge on any atom is 0.304 e. The van der Waals surface area contributed by atoms with Crippen LogP contribution in [-0.2, 0) is 11.3 Å². The molecule has 1 aromatic rings. The molecule has 0 aliphatic carbocycles. The average Bonchev–Trinajstić information content (AvgIpc) is 2.34. The van der Waals surface area contributed by atoms with E-state index in [-0.39, 0.29) is 24.1 Å². The number of aliphatic carboxylic acids is 1. The second-order valence-electron chi connectivity index (χ2n) is 4.75. The molecule has 0 heterocycles. The third kappa shape index (κ3) is 5.05. The summed E-state index contributed by atoms with van der Waals surface area (Å²) < 4.78 is 0. The molecule has 19 heavy (non-hydrogen) atoms. The third-order valence-corrected chi connectivity index (χ3v) is 2.91. The van der Waals surface area contributed by atoms with Gasteiger partial charge >= 0.3 is 5.97 Å². The molecule has 0 aromatic heterocycles. The summed E-state index contributed by atoms with van der Waals surface area (Å²) in [6.45, 7) is 4.40. The van der Waals surface area contributed by atoms with Crippen LogP contribution in [-0.4, -0.2) is 22.0 Å². The Kier molecular flexibility index (Phi) is 5.44. The molecule has 6 heteroatoms. The monoisotopic (exact) mass is 266 g/mol. The Balaban J connectivity index is 2.58. The second-order valence-corrected chi connectivity index (χ2v) is 4.75. The van der Waals surface area contributed by atoms with E-state index >= 15 is 0 Å². The van der Waals surface area contributed by atoms with Crippen LogP contribution in [0.2, 0.25) is 0 Å². The zero-order valence-corrected chi connectivity index (χ0v) is 11.0. The lowest BCUT2D eigenvalue weighted by Gasteiger charge is -2.20. The van der Waals surface area contributed by atoms with E-state index in [2.05, 4.69) is 5.32 Å². The average molecular weight is 266 g/mol. The molecule has 2 N–H and O–H groups in total. The molecule has 0 radical (unpaired) electrons. The smallest absolute Gasteiger partial charge is 0.304 e. The number of rotatable bonds is 7. The van der Waals surface area contributed by atoms with Gasteiger partial charge in [0.05, 0.1) is 11.3 Å². The van der Waals surface area contributed by atoms with Gasteiger partial charge in [0.2, 0.25) is 0 Å². The molecule has 1 rings (SSSR count). The molecule has 0 unspecified atom stereocenters. The van der Waals surface area contributed by atoms with Crippen LogP contribution in [0.4, 0.5) is 5.69 Å². The predicted molar refractivity (Wildman–Crippen MR) is 70.8 cm³/mol. The van der Waals surface area contributed by atoms with Gasteiger partial charge in [-0.3, -0.25) is 14.9 Å². The van der Waals surface area contributed by atoms with Gasteiger partial charge in [-0.15, -0.1) is 0 Å². The molecule has 1 aromatic carbocycles. The Hall–Kier alpha value is -1.95. The van der Waals surface area contributed by atoms with Gasteiger partial charge in [-0.25, -0.2) is 0 Å². The number of nitro benzene ring substituents is 1. The molecule has 0 fully saturated rings. The molecule has 0 amide bonds. The largest absolute Gasteiger partial charge is 0.481 e. The lowest BCUT2D eigenvalue weighted by Crippen LogP contribution is -2.35. The highest BCUT2D eigenvalue weighted by molar-refractivity contribution is 5.67. The first kappa shape index (κ1) is 15.1. The summed E-state index contributed by atoms with van der Waals surface area (Å²) in [5.41, 5.74) is 0.941. The molecule has 0 bridgehead atoms. The van der Waals surface area contributed by atoms with Gasteiger partial charge in [0.25, 0.3) is 5.69 Å². The fourth-order valence-electron chi connectivity index (χ4n) is 1.72. The van der Waals surface area contributed by atoms with Crippen molar-refractivity contribution in [1.29, 1.82) is 0 Å². The maximum atomic E-state index is 10.7. The van der Waals surface area contributed by atoms with E-state index in [1.165, 1.54) is 12.1 Å². The van der Waals surface area contributed by atoms with Crippen LogP contribution in [0.25, 0.3) is 0 Å². The number of hydrogen-bond donors (Lipinski definition) is 2. The van der Waals surface area contributed by atoms with Gasteiger partial charge in [0, 0.05) is 24.7 Å². The highest BCUT2D eigenvalue weighted by Crippen LogP contribution is 2.13. The number of benzene rings is 1. The van der Waals surface area contributed by atoms with Crippen LogP contribution in [0.5, 0.6) is 0 Å². The van der Waals surface area contributed by atoms with Crippen molar-refractivity contribution in [2.45, 2.75) is 32.9 Å². The molecule has 0 aliphatic heterocycles. The fraction of sp³-hybridized carbons (Fsp3) is 0.462. The van der Waals surface area contributed by atoms with Gasteiger partial charge in [0.1, 0.15) is 0 Å². The van der Waals surface area contributed by atoms with Crippen LogP contribution in [0.1, 0.15) is 25.8 Å². The Morgan fingerprint density at radius 2 is 1.95 bits per heavy atom. The van der Waals surface area contributed by atoms with Crippen molar-refractivity contribution in [2.24, 2.45) is 5.92 Å². The molecular weight excluding hydrogens is 248 g/mol. The summed E-state index contributed by atoms with van der Waals surface area (Å²) in [7, 11) is 0. The Bertz CT molecular complexity index is 442. The van der Waals surface area contributed by atoms with Crippen LogP contribution in [0.3, 0.4) is 0 Å². The maximum absolute atomic E-state index is 10.7. The number of carboxylic acids is 1. The number of carbonyl (C=O) groups is 1. The van der Waals surface area contributed by atoms with E-state index in [0.717, 1.165) is 5.56 Å². The zero-order chi connectivity index (χ0) is 14.4. The lowest BCUT2D eigenvalue weighted by molar-refractivity contribution is -0.384. The third-order valence-electron chi connectivity index (χ3n) is 2.91. The first-order chi connectivity index (χ1) is 8.90. The number of nitrogens with zero attached hydrogens (tertiary/aromatic N) is 1. The van der Waals surface area contributed by atoms with E-state index in [1.807, 2.05) is 13.8 Å². The molecule has 0 aliphatic rings. The molecule has 6 nitrogen and oxygen atoms in total. The fourth-order valence-corrected chi connectivity index (χ4v) is 1.72. The molecule has 104 valence electrons. The number of nitrogens with one attached hydrogen (secondary N) is 1. The minimum absolute atomic E-state index is 0.0506. The minimum Gasteiger partial charge on any atom is -0.481 e. The zero-order valence-electron chi connectivity index (χ0n) is 11.0. The van der Waals surface area contributed by atoms with Gasteiger partial charge in [0.15, 0.2) is 0 Å². The SMILES string of the molecule is CC(C)[C@H](CC(=O)O)NCc1ccc([N+](=O)[O-])cc1. The number of nitro groups is 1. The normalized spacial score (nSPS) is 12.4. The first-order valence-electron chi connectivity index (χ1n) is 6.08. The van der Waals surface area contributed by atoms with E-state index in [4.69, 9.17) is 5.11 Å². The summed E-state index contributed by atoms with van der Waals surface area (Å²) in [5, 5.41) is 22.5. The van der Waals surface area contributed by atoms with Gasteiger partial charge in [-0.05, 0) is 11.5 Å². The van der Waals surface area contributed by atoms with Crippen LogP contribution >= 0.6 is 0 Å². The van der Waals surface area contributed by atoms with E-state index in [1.54, 1.807) is 12.1 Å². The summed E-state index contributed by atoms with van der Waals surface area (Å²) in [6, 6.07) is 6.11. The van der Waals surface area contributed by atoms with Gasteiger partial charge in [-0.2, -0.15) is 0 Å². The Labute approximate surface area is 111 Å². The van der Waals surface area contributed by atoms with Crippen molar-refractivity contribution in [3.8, 4) is 0 Å². The predicted octanol–water partition coefficient (Wildman–Crippen LogP) is 2.18. The molecule has 0 saturated heterocycles. The topological polar surface area (TPSA) is 92.5 Å². The number of hydrogen-bond acceptors (Lipinski definition) is 4. The highest BCUT2D eigenvalue weighted by atomic mass is 16.6. The van der Waals surface area contributed by atoms with E-state index < -0.39 is 10.9 Å². The summed E-state index contributed by atoms with van der Waals surface area (Å²) in [6.07, 6.45) is 0.0602. The van der Waals surface area contributed by atoms with Gasteiger partial charge in [-0.1, -0.05) is 26.0 Å². The number of carboxylic acid groups (broad SMARTS) is 1. The van der Waals surface area contributed by atoms with Crippen LogP contribution in [0, 0.1) is 16.0 Å². The van der Waals surface area contributed by atoms with Crippen LogP contribution < -0.4 is 5.32 Å². The second kappa shape index (κ2) is 6.84. The first-order valence-corrected chi connectivity index (χ1v) is 6.08. The van der Waals surface area contributed by atoms with Gasteiger partial charge < -0.3 is 10.4 Å². The molecular formula is C13H18N2O4. The minimum atomic E-state index is -0.838. The van der Waals surface area contributed by atoms with E-state index in [9.17, 15) is 14.9 Å². The molecule has 1 atom stereocenters. The van der Waals surface area contributed by atoms with Crippen LogP contribution in [0.15, 0.2) is 24.3 Å². The summed E-state index contributed by atoms with van der Waals surface area (Å²) >= 11 is 0. The van der Waals surface area contributed by atoms with Crippen molar-refractivity contribution < 1.29 is 14.8 Å². The summed E-state index contributed by atoms with van der Waals surface area (Å²) in [5.74, 6) is -0.635. The van der Waals surface area contributed by atoms with Crippen molar-refractivity contribution in [1.82, 2.24) is 5.32 Å². The number of non-ortho nitro benzene ring substituents is 1.